The Labute approximate surface area is 511 Å². The van der Waals surface area contributed by atoms with Gasteiger partial charge in [-0.3, -0.25) is 37.3 Å². The van der Waals surface area contributed by atoms with Crippen LogP contribution in [-0.4, -0.2) is 96.7 Å². The molecular weight excluding hydrogens is 1110 g/mol. The average molecular weight is 1240 g/mol. The van der Waals surface area contributed by atoms with Crippen molar-refractivity contribution in [1.29, 1.82) is 0 Å². The Balaban J connectivity index is 5.17. The zero-order chi connectivity index (χ0) is 62.2. The van der Waals surface area contributed by atoms with Crippen molar-refractivity contribution < 1.29 is 80.2 Å². The maximum Gasteiger partial charge on any atom is 0.472 e. The van der Waals surface area contributed by atoms with E-state index in [9.17, 15) is 43.2 Å². The molecule has 84 heavy (non-hydrogen) atoms. The van der Waals surface area contributed by atoms with Crippen molar-refractivity contribution in [3.63, 3.8) is 0 Å². The summed E-state index contributed by atoms with van der Waals surface area (Å²) >= 11 is 0. The molecule has 0 spiro atoms. The van der Waals surface area contributed by atoms with Crippen LogP contribution in [0, 0.1) is 11.8 Å². The summed E-state index contributed by atoms with van der Waals surface area (Å²) in [6.07, 6.45) is 40.5. The van der Waals surface area contributed by atoms with E-state index in [2.05, 4.69) is 41.5 Å². The molecule has 498 valence electrons. The van der Waals surface area contributed by atoms with E-state index >= 15 is 0 Å². The van der Waals surface area contributed by atoms with Crippen LogP contribution in [0.2, 0.25) is 0 Å². The second-order valence-corrected chi connectivity index (χ2v) is 27.4. The van der Waals surface area contributed by atoms with Gasteiger partial charge in [0.15, 0.2) is 12.2 Å². The molecule has 0 aliphatic heterocycles. The molecule has 0 aromatic heterocycles. The van der Waals surface area contributed by atoms with Crippen molar-refractivity contribution in [2.45, 2.75) is 342 Å². The lowest BCUT2D eigenvalue weighted by atomic mass is 10.0. The molecule has 5 atom stereocenters. The molecule has 17 nitrogen and oxygen atoms in total. The highest BCUT2D eigenvalue weighted by atomic mass is 31.2. The molecule has 2 unspecified atom stereocenters. The molecule has 0 rings (SSSR count). The lowest BCUT2D eigenvalue weighted by Crippen LogP contribution is -2.30. The largest absolute Gasteiger partial charge is 0.472 e. The van der Waals surface area contributed by atoms with Gasteiger partial charge < -0.3 is 33.8 Å². The molecule has 0 bridgehead atoms. The van der Waals surface area contributed by atoms with Crippen LogP contribution < -0.4 is 0 Å². The SMILES string of the molecule is CCCCCCCCCC(=O)OC[C@H](COP(=O)(O)OC[C@H](O)COP(=O)(O)OC[C@@H](COC(=O)CCCCCCCCCCCCCCC(C)C)OC(=O)CCCCCCCCCCCCCCC(C)C)OC(=O)CCCCCCCCC. The summed E-state index contributed by atoms with van der Waals surface area (Å²) in [5.74, 6) is -0.582. The van der Waals surface area contributed by atoms with E-state index < -0.39 is 97.5 Å². The molecule has 0 fully saturated rings. The number of esters is 4. The number of carbonyl (C=O) groups excluding carboxylic acids is 4. The van der Waals surface area contributed by atoms with Crippen molar-refractivity contribution in [2.24, 2.45) is 11.8 Å². The van der Waals surface area contributed by atoms with Crippen molar-refractivity contribution in [3.8, 4) is 0 Å². The van der Waals surface area contributed by atoms with Crippen LogP contribution in [0.4, 0.5) is 0 Å². The van der Waals surface area contributed by atoms with Gasteiger partial charge in [0.1, 0.15) is 19.3 Å². The minimum Gasteiger partial charge on any atom is -0.462 e. The smallest absolute Gasteiger partial charge is 0.462 e. The highest BCUT2D eigenvalue weighted by molar-refractivity contribution is 7.47. The summed E-state index contributed by atoms with van der Waals surface area (Å²) in [6, 6.07) is 0. The number of phosphoric acid groups is 2. The topological polar surface area (TPSA) is 237 Å². The molecule has 19 heteroatoms. The van der Waals surface area contributed by atoms with E-state index in [0.29, 0.717) is 25.7 Å². The summed E-state index contributed by atoms with van der Waals surface area (Å²) in [4.78, 5) is 72.0. The van der Waals surface area contributed by atoms with Gasteiger partial charge in [-0.2, -0.15) is 0 Å². The first-order valence-electron chi connectivity index (χ1n) is 34.0. The maximum absolute atomic E-state index is 13.0. The van der Waals surface area contributed by atoms with Gasteiger partial charge in [0.05, 0.1) is 26.4 Å². The number of hydrogen-bond donors (Lipinski definition) is 3. The zero-order valence-corrected chi connectivity index (χ0v) is 56.0. The van der Waals surface area contributed by atoms with Crippen LogP contribution in [-0.2, 0) is 65.4 Å². The summed E-state index contributed by atoms with van der Waals surface area (Å²) in [5.41, 5.74) is 0. The van der Waals surface area contributed by atoms with Crippen molar-refractivity contribution in [3.05, 3.63) is 0 Å². The Morgan fingerprint density at radius 1 is 0.321 bits per heavy atom. The molecule has 0 amide bonds. The highest BCUT2D eigenvalue weighted by Gasteiger charge is 2.30. The van der Waals surface area contributed by atoms with E-state index in [0.717, 1.165) is 127 Å². The fraction of sp³-hybridized carbons (Fsp3) is 0.938. The van der Waals surface area contributed by atoms with Crippen LogP contribution in [0.5, 0.6) is 0 Å². The van der Waals surface area contributed by atoms with E-state index in [1.165, 1.54) is 116 Å². The van der Waals surface area contributed by atoms with Crippen LogP contribution in [0.1, 0.15) is 324 Å². The number of phosphoric ester groups is 2. The van der Waals surface area contributed by atoms with Crippen LogP contribution in [0.3, 0.4) is 0 Å². The van der Waals surface area contributed by atoms with E-state index in [1.54, 1.807) is 0 Å². The standard InChI is InChI=1S/C65H126O17P2/c1-7-9-11-13-27-35-41-47-62(67)75-53-60(81-64(69)49-43-37-28-14-12-10-8-2)55-79-83(71,72)77-51-59(66)52-78-84(73,74)80-56-61(82-65(70)50-44-38-32-26-22-18-16-20-24-30-34-40-46-58(5)6)54-76-63(68)48-42-36-31-25-21-17-15-19-23-29-33-39-45-57(3)4/h57-61,66H,7-56H2,1-6H3,(H,71,72)(H,73,74)/t59-,60+,61+/m0/s1. The van der Waals surface area contributed by atoms with E-state index in [1.807, 2.05) is 0 Å². The number of aliphatic hydroxyl groups excluding tert-OH is 1. The second kappa shape index (κ2) is 57.5. The van der Waals surface area contributed by atoms with Gasteiger partial charge in [-0.15, -0.1) is 0 Å². The molecule has 0 aromatic rings. The van der Waals surface area contributed by atoms with Gasteiger partial charge in [-0.25, -0.2) is 9.13 Å². The Morgan fingerprint density at radius 2 is 0.548 bits per heavy atom. The van der Waals surface area contributed by atoms with E-state index in [4.69, 9.17) is 37.0 Å². The summed E-state index contributed by atoms with van der Waals surface area (Å²) in [6.45, 7) is 9.44. The Bertz CT molecular complexity index is 1650. The van der Waals surface area contributed by atoms with Gasteiger partial charge in [-0.05, 0) is 37.5 Å². The van der Waals surface area contributed by atoms with Gasteiger partial charge in [0.2, 0.25) is 0 Å². The number of unbranched alkanes of at least 4 members (excludes halogenated alkanes) is 34. The number of hydrogen-bond acceptors (Lipinski definition) is 15. The first kappa shape index (κ1) is 82.1. The third-order valence-corrected chi connectivity index (χ3v) is 16.9. The van der Waals surface area contributed by atoms with Gasteiger partial charge in [0.25, 0.3) is 0 Å². The van der Waals surface area contributed by atoms with Crippen LogP contribution in [0.25, 0.3) is 0 Å². The Morgan fingerprint density at radius 3 is 0.810 bits per heavy atom. The quantitative estimate of drug-likeness (QED) is 0.0222. The van der Waals surface area contributed by atoms with Gasteiger partial charge >= 0.3 is 39.5 Å². The predicted molar refractivity (Wildman–Crippen MR) is 335 cm³/mol. The molecule has 0 saturated carbocycles. The molecular formula is C65H126O17P2. The minimum absolute atomic E-state index is 0.103. The van der Waals surface area contributed by atoms with Crippen molar-refractivity contribution in [2.75, 3.05) is 39.6 Å². The Hall–Kier alpha value is -1.94. The first-order chi connectivity index (χ1) is 40.4. The third-order valence-electron chi connectivity index (χ3n) is 15.0. The molecule has 0 heterocycles. The maximum atomic E-state index is 13.0. The number of aliphatic hydroxyl groups is 1. The number of rotatable bonds is 64. The van der Waals surface area contributed by atoms with Gasteiger partial charge in [-0.1, -0.05) is 273 Å². The van der Waals surface area contributed by atoms with Crippen molar-refractivity contribution in [1.82, 2.24) is 0 Å². The molecule has 0 radical (unpaired) electrons. The minimum atomic E-state index is -4.95. The van der Waals surface area contributed by atoms with E-state index in [-0.39, 0.29) is 25.7 Å². The zero-order valence-electron chi connectivity index (χ0n) is 54.2. The Kier molecular flexibility index (Phi) is 56.2. The molecule has 0 aliphatic carbocycles. The van der Waals surface area contributed by atoms with Crippen LogP contribution in [0.15, 0.2) is 0 Å². The monoisotopic (exact) mass is 1240 g/mol. The van der Waals surface area contributed by atoms with Crippen LogP contribution >= 0.6 is 15.6 Å². The van der Waals surface area contributed by atoms with Gasteiger partial charge in [0, 0.05) is 25.7 Å². The number of ether oxygens (including phenoxy) is 4. The normalized spacial score (nSPS) is 14.3. The highest BCUT2D eigenvalue weighted by Crippen LogP contribution is 2.45. The molecule has 0 aromatic carbocycles. The lowest BCUT2D eigenvalue weighted by Gasteiger charge is -2.21. The molecule has 0 saturated heterocycles. The fourth-order valence-corrected chi connectivity index (χ4v) is 11.3. The predicted octanol–water partition coefficient (Wildman–Crippen LogP) is 18.0. The summed E-state index contributed by atoms with van der Waals surface area (Å²) < 4.78 is 67.9. The average Bonchev–Trinajstić information content (AvgIpc) is 3.54. The first-order valence-corrected chi connectivity index (χ1v) is 37.0. The fourth-order valence-electron chi connectivity index (χ4n) is 9.71. The molecule has 0 aliphatic rings. The lowest BCUT2D eigenvalue weighted by molar-refractivity contribution is -0.161. The second-order valence-electron chi connectivity index (χ2n) is 24.5. The van der Waals surface area contributed by atoms with Crippen molar-refractivity contribution >= 4 is 39.5 Å². The number of carbonyl (C=O) groups is 4. The summed E-state index contributed by atoms with van der Waals surface area (Å²) in [7, 11) is -9.88. The molecule has 3 N–H and O–H groups in total. The summed E-state index contributed by atoms with van der Waals surface area (Å²) in [5, 5.41) is 10.5. The third kappa shape index (κ3) is 59.0.